The molecular weight excluding hydrogens is 568 g/mol. The topological polar surface area (TPSA) is 225 Å². The fourth-order valence-electron chi connectivity index (χ4n) is 9.71. The Morgan fingerprint density at radius 2 is 1.23 bits per heavy atom. The predicted molar refractivity (Wildman–Crippen MR) is 138 cm³/mol. The predicted octanol–water partition coefficient (Wildman–Crippen LogP) is -0.257. The van der Waals surface area contributed by atoms with E-state index in [1.165, 1.54) is 14.2 Å². The van der Waals surface area contributed by atoms with Crippen LogP contribution in [-0.4, -0.2) is 91.6 Å². The molecule has 220 valence electrons. The molecule has 13 heteroatoms. The van der Waals surface area contributed by atoms with Crippen LogP contribution >= 0.6 is 0 Å². The number of allylic oxidation sites excluding steroid dienone is 1. The number of hydrogen-bond acceptors (Lipinski definition) is 13. The van der Waals surface area contributed by atoms with Gasteiger partial charge in [0.25, 0.3) is 0 Å². The molecule has 4 saturated carbocycles. The van der Waals surface area contributed by atoms with Crippen molar-refractivity contribution >= 4 is 34.7 Å². The molecule has 2 aromatic carbocycles. The summed E-state index contributed by atoms with van der Waals surface area (Å²) in [7, 11) is 2.45. The molecular formula is C30H22O13. The van der Waals surface area contributed by atoms with Gasteiger partial charge in [-0.15, -0.1) is 0 Å². The summed E-state index contributed by atoms with van der Waals surface area (Å²) in [4.78, 5) is 72.5. The number of phenols is 2. The van der Waals surface area contributed by atoms with Crippen LogP contribution in [0.3, 0.4) is 0 Å². The molecule has 8 rings (SSSR count). The summed E-state index contributed by atoms with van der Waals surface area (Å²) in [6.45, 7) is 0. The van der Waals surface area contributed by atoms with Crippen molar-refractivity contribution in [3.8, 4) is 23.0 Å². The first-order valence-electron chi connectivity index (χ1n) is 13.4. The number of aliphatic hydroxyl groups is 4. The van der Waals surface area contributed by atoms with Crippen LogP contribution in [0.15, 0.2) is 29.8 Å². The van der Waals surface area contributed by atoms with Crippen LogP contribution in [0.1, 0.15) is 36.6 Å². The van der Waals surface area contributed by atoms with E-state index in [0.717, 1.165) is 24.3 Å². The fraction of sp³-hybridized carbons (Fsp3) is 0.367. The Morgan fingerprint density at radius 1 is 0.698 bits per heavy atom. The average Bonchev–Trinajstić information content (AvgIpc) is 3.34. The molecule has 2 spiro atoms. The number of carbonyl (C=O) groups excluding carboxylic acids is 5. The van der Waals surface area contributed by atoms with Gasteiger partial charge in [0.15, 0.2) is 23.1 Å². The number of Topliss-reactive ketones (excluding diaryl/α,β-unsaturated/α-hetero) is 5. The first kappa shape index (κ1) is 26.1. The smallest absolute Gasteiger partial charge is 0.207 e. The summed E-state index contributed by atoms with van der Waals surface area (Å²) in [6, 6.07) is 4.29. The van der Waals surface area contributed by atoms with Crippen LogP contribution in [0.5, 0.6) is 23.0 Å². The maximum absolute atomic E-state index is 14.7. The second kappa shape index (κ2) is 7.30. The quantitative estimate of drug-likeness (QED) is 0.248. The van der Waals surface area contributed by atoms with E-state index >= 15 is 0 Å². The summed E-state index contributed by atoms with van der Waals surface area (Å²) in [6.07, 6.45) is -3.87. The minimum Gasteiger partial charge on any atom is -0.507 e. The molecule has 4 fully saturated rings. The number of aliphatic hydroxyl groups excluding tert-OH is 3. The summed E-state index contributed by atoms with van der Waals surface area (Å²) >= 11 is 0. The summed E-state index contributed by atoms with van der Waals surface area (Å²) in [5.74, 6) is -16.3. The molecule has 0 aromatic heterocycles. The number of ether oxygens (including phenoxy) is 2. The molecule has 0 saturated heterocycles. The highest BCUT2D eigenvalue weighted by atomic mass is 16.5. The Labute approximate surface area is 240 Å². The number of fused-ring (bicyclic) bond motifs is 4. The van der Waals surface area contributed by atoms with Gasteiger partial charge in [-0.3, -0.25) is 24.0 Å². The van der Waals surface area contributed by atoms with Gasteiger partial charge in [-0.1, -0.05) is 0 Å². The lowest BCUT2D eigenvalue weighted by Gasteiger charge is -2.58. The number of rotatable bonds is 2. The first-order valence-corrected chi connectivity index (χ1v) is 13.4. The lowest BCUT2D eigenvalue weighted by atomic mass is 9.42. The molecule has 13 nitrogen and oxygen atoms in total. The zero-order valence-corrected chi connectivity index (χ0v) is 22.3. The van der Waals surface area contributed by atoms with Crippen molar-refractivity contribution in [3.63, 3.8) is 0 Å². The number of phenolic OH excluding ortho intramolecular Hbond substituents is 2. The standard InChI is InChI=1S/C30H22O13/c1-42-7-3-9-13(11(31)5-7)20(33)17-23(36)18-21(34)15-16-22(35)19(28(15,17)24(9)37)27(40)30(41)26(39)14-10(25(38)29(16,18)30)4-8(43-2)6-12(14)32/h3-6,15-16,18-19,21-22,31-35,41H,1-2H3/t15-,16-,18+,19+,21+,22+,28+,29+,30+/m1/s1. The molecule has 0 aliphatic heterocycles. The van der Waals surface area contributed by atoms with E-state index in [9.17, 15) is 54.6 Å². The van der Waals surface area contributed by atoms with Gasteiger partial charge in [0.2, 0.25) is 11.4 Å². The number of aromatic hydroxyl groups is 2. The maximum Gasteiger partial charge on any atom is 0.207 e. The lowest BCUT2D eigenvalue weighted by Crippen LogP contribution is -2.78. The first-order chi connectivity index (χ1) is 20.3. The van der Waals surface area contributed by atoms with Crippen LogP contribution in [-0.2, 0) is 9.59 Å². The van der Waals surface area contributed by atoms with Gasteiger partial charge in [-0.2, -0.15) is 0 Å². The Balaban J connectivity index is 1.53. The van der Waals surface area contributed by atoms with Crippen LogP contribution in [0.2, 0.25) is 0 Å². The number of carbonyl (C=O) groups is 5. The van der Waals surface area contributed by atoms with Crippen molar-refractivity contribution in [2.75, 3.05) is 14.2 Å². The Bertz CT molecular complexity index is 1870. The van der Waals surface area contributed by atoms with Gasteiger partial charge in [-0.25, -0.2) is 0 Å². The van der Waals surface area contributed by atoms with Crippen molar-refractivity contribution in [2.24, 2.45) is 34.5 Å². The molecule has 2 aromatic rings. The highest BCUT2D eigenvalue weighted by molar-refractivity contribution is 6.36. The third-order valence-corrected chi connectivity index (χ3v) is 10.9. The Morgan fingerprint density at radius 3 is 1.81 bits per heavy atom. The lowest BCUT2D eigenvalue weighted by molar-refractivity contribution is -0.181. The normalized spacial score (nSPS) is 39.5. The highest BCUT2D eigenvalue weighted by Gasteiger charge is 2.94. The highest BCUT2D eigenvalue weighted by Crippen LogP contribution is 2.81. The van der Waals surface area contributed by atoms with Crippen LogP contribution < -0.4 is 9.47 Å². The summed E-state index contributed by atoms with van der Waals surface area (Å²) in [5, 5.41) is 68.9. The van der Waals surface area contributed by atoms with Crippen molar-refractivity contribution in [1.82, 2.24) is 0 Å². The molecule has 43 heavy (non-hydrogen) atoms. The van der Waals surface area contributed by atoms with E-state index < -0.39 is 126 Å². The molecule has 0 amide bonds. The minimum absolute atomic E-state index is 0.0360. The van der Waals surface area contributed by atoms with Gasteiger partial charge >= 0.3 is 0 Å². The van der Waals surface area contributed by atoms with Crippen molar-refractivity contribution < 1.29 is 64.1 Å². The minimum atomic E-state index is -3.38. The summed E-state index contributed by atoms with van der Waals surface area (Å²) in [5.41, 5.74) is -11.5. The third kappa shape index (κ3) is 2.19. The molecule has 9 atom stereocenters. The van der Waals surface area contributed by atoms with E-state index in [0.29, 0.717) is 0 Å². The number of benzene rings is 2. The molecule has 0 radical (unpaired) electrons. The number of methoxy groups -OCH3 is 2. The van der Waals surface area contributed by atoms with Gasteiger partial charge in [-0.05, 0) is 12.1 Å². The molecule has 6 aliphatic rings. The SMILES string of the molecule is COc1cc(O)c2c(c1)C(=O)[C@@]13[C@H]4[C@H](O)[C@@H](C(=O)[C@@]1(O)C2=O)[C@@]12C(=O)c5cc(OC)cc(O)c5C(O)=C1C(=O)[C@@H]3[C@@H](O)[C@@H]42. The third-order valence-electron chi connectivity index (χ3n) is 10.9. The van der Waals surface area contributed by atoms with E-state index in [1.807, 2.05) is 0 Å². The van der Waals surface area contributed by atoms with E-state index in [-0.39, 0.29) is 11.5 Å². The molecule has 4 bridgehead atoms. The van der Waals surface area contributed by atoms with E-state index in [4.69, 9.17) is 9.47 Å². The van der Waals surface area contributed by atoms with Gasteiger partial charge in [0.05, 0.1) is 65.8 Å². The molecule has 0 unspecified atom stereocenters. The van der Waals surface area contributed by atoms with Crippen LogP contribution in [0, 0.1) is 34.5 Å². The van der Waals surface area contributed by atoms with Crippen LogP contribution in [0.25, 0.3) is 5.76 Å². The second-order valence-electron chi connectivity index (χ2n) is 12.0. The van der Waals surface area contributed by atoms with Crippen molar-refractivity contribution in [3.05, 3.63) is 52.1 Å². The van der Waals surface area contributed by atoms with Gasteiger partial charge in [0, 0.05) is 35.1 Å². The van der Waals surface area contributed by atoms with Crippen molar-refractivity contribution in [2.45, 2.75) is 17.8 Å². The number of hydrogen-bond donors (Lipinski definition) is 6. The number of ketones is 5. The maximum atomic E-state index is 14.7. The molecule has 6 N–H and O–H groups in total. The Hall–Kier alpha value is -4.59. The fourth-order valence-corrected chi connectivity index (χ4v) is 9.71. The average molecular weight is 590 g/mol. The Kier molecular flexibility index (Phi) is 4.43. The second-order valence-corrected chi connectivity index (χ2v) is 12.0. The van der Waals surface area contributed by atoms with E-state index in [1.54, 1.807) is 0 Å². The monoisotopic (exact) mass is 590 g/mol. The largest absolute Gasteiger partial charge is 0.507 e. The summed E-state index contributed by atoms with van der Waals surface area (Å²) < 4.78 is 10.3. The van der Waals surface area contributed by atoms with Gasteiger partial charge in [0.1, 0.15) is 28.8 Å². The molecule has 0 heterocycles. The van der Waals surface area contributed by atoms with E-state index in [2.05, 4.69) is 0 Å². The van der Waals surface area contributed by atoms with Crippen LogP contribution in [0.4, 0.5) is 0 Å². The zero-order valence-electron chi connectivity index (χ0n) is 22.3. The molecule has 6 aliphatic carbocycles. The van der Waals surface area contributed by atoms with Crippen molar-refractivity contribution in [1.29, 1.82) is 0 Å². The van der Waals surface area contributed by atoms with Gasteiger partial charge < -0.3 is 40.1 Å². The zero-order chi connectivity index (χ0) is 30.9.